The SMILES string of the molecule is C[C@H]1CN(C(=O)OC(C)(C)C)CCN1c1ncccc1S(N)(=O)=O. The number of nitrogens with two attached hydrogens (primary N) is 1. The van der Waals surface area contributed by atoms with Gasteiger partial charge in [0.05, 0.1) is 0 Å². The fraction of sp³-hybridized carbons (Fsp3) is 0.600. The van der Waals surface area contributed by atoms with Crippen LogP contribution in [0.1, 0.15) is 27.7 Å². The average molecular weight is 356 g/mol. The van der Waals surface area contributed by atoms with Crippen LogP contribution >= 0.6 is 0 Å². The molecule has 0 radical (unpaired) electrons. The van der Waals surface area contributed by atoms with E-state index in [0.717, 1.165) is 0 Å². The first-order valence-corrected chi connectivity index (χ1v) is 9.26. The van der Waals surface area contributed by atoms with Gasteiger partial charge in [-0.05, 0) is 39.8 Å². The molecule has 1 aliphatic heterocycles. The Bertz CT molecular complexity index is 714. The molecule has 2 rings (SSSR count). The number of nitrogens with zero attached hydrogens (tertiary/aromatic N) is 3. The van der Waals surface area contributed by atoms with Crippen molar-refractivity contribution in [1.29, 1.82) is 0 Å². The van der Waals surface area contributed by atoms with Crippen LogP contribution in [0, 0.1) is 0 Å². The van der Waals surface area contributed by atoms with Gasteiger partial charge in [-0.1, -0.05) is 0 Å². The lowest BCUT2D eigenvalue weighted by molar-refractivity contribution is 0.0218. The van der Waals surface area contributed by atoms with Crippen molar-refractivity contribution < 1.29 is 17.9 Å². The first-order chi connectivity index (χ1) is 11.0. The van der Waals surface area contributed by atoms with Crippen LogP contribution in [0.2, 0.25) is 0 Å². The molecule has 134 valence electrons. The minimum atomic E-state index is -3.87. The molecule has 1 aliphatic rings. The van der Waals surface area contributed by atoms with Crippen molar-refractivity contribution in [3.63, 3.8) is 0 Å². The largest absolute Gasteiger partial charge is 0.444 e. The standard InChI is InChI=1S/C15H24N4O4S/c1-11-10-18(14(20)23-15(2,3)4)8-9-19(11)13-12(24(16,21)22)6-5-7-17-13/h5-7,11H,8-10H2,1-4H3,(H2,16,21,22)/t11-/m0/s1. The molecule has 0 spiro atoms. The Morgan fingerprint density at radius 3 is 2.58 bits per heavy atom. The molecule has 1 aromatic rings. The number of rotatable bonds is 2. The summed E-state index contributed by atoms with van der Waals surface area (Å²) in [7, 11) is -3.87. The van der Waals surface area contributed by atoms with Crippen LogP contribution < -0.4 is 10.0 Å². The number of carbonyl (C=O) groups excluding carboxylic acids is 1. The van der Waals surface area contributed by atoms with Crippen LogP contribution in [0.15, 0.2) is 23.2 Å². The van der Waals surface area contributed by atoms with Crippen LogP contribution in [0.25, 0.3) is 0 Å². The van der Waals surface area contributed by atoms with Crippen molar-refractivity contribution in [1.82, 2.24) is 9.88 Å². The Morgan fingerprint density at radius 1 is 1.38 bits per heavy atom. The van der Waals surface area contributed by atoms with Gasteiger partial charge in [-0.2, -0.15) is 0 Å². The van der Waals surface area contributed by atoms with Crippen LogP contribution in [0.4, 0.5) is 10.6 Å². The summed E-state index contributed by atoms with van der Waals surface area (Å²) in [6.45, 7) is 8.62. The van der Waals surface area contributed by atoms with Gasteiger partial charge in [0, 0.05) is 31.9 Å². The zero-order chi connectivity index (χ0) is 18.1. The molecule has 0 unspecified atom stereocenters. The number of aromatic nitrogens is 1. The molecule has 2 N–H and O–H groups in total. The van der Waals surface area contributed by atoms with E-state index in [9.17, 15) is 13.2 Å². The highest BCUT2D eigenvalue weighted by Gasteiger charge is 2.32. The molecule has 0 aromatic carbocycles. The maximum absolute atomic E-state index is 12.2. The van der Waals surface area contributed by atoms with Crippen LogP contribution in [-0.4, -0.2) is 55.7 Å². The van der Waals surface area contributed by atoms with E-state index >= 15 is 0 Å². The molecular formula is C15H24N4O4S. The number of amides is 1. The van der Waals surface area contributed by atoms with E-state index < -0.39 is 15.6 Å². The van der Waals surface area contributed by atoms with Crippen LogP contribution in [0.5, 0.6) is 0 Å². The van der Waals surface area contributed by atoms with Crippen molar-refractivity contribution in [3.8, 4) is 0 Å². The lowest BCUT2D eigenvalue weighted by Crippen LogP contribution is -2.55. The van der Waals surface area contributed by atoms with E-state index in [4.69, 9.17) is 9.88 Å². The molecule has 1 atom stereocenters. The second-order valence-electron chi connectivity index (χ2n) is 6.84. The van der Waals surface area contributed by atoms with Gasteiger partial charge in [-0.3, -0.25) is 0 Å². The second-order valence-corrected chi connectivity index (χ2v) is 8.37. The van der Waals surface area contributed by atoms with Gasteiger partial charge in [0.1, 0.15) is 16.3 Å². The number of piperazine rings is 1. The molecular weight excluding hydrogens is 332 g/mol. The third-order valence-corrected chi connectivity index (χ3v) is 4.54. The quantitative estimate of drug-likeness (QED) is 0.853. The number of hydrogen-bond acceptors (Lipinski definition) is 6. The minimum Gasteiger partial charge on any atom is -0.444 e. The highest BCUT2D eigenvalue weighted by atomic mass is 32.2. The number of carbonyl (C=O) groups is 1. The number of anilines is 1. The highest BCUT2D eigenvalue weighted by Crippen LogP contribution is 2.25. The van der Waals surface area contributed by atoms with Gasteiger partial charge >= 0.3 is 6.09 Å². The summed E-state index contributed by atoms with van der Waals surface area (Å²) >= 11 is 0. The third kappa shape index (κ3) is 4.35. The van der Waals surface area contributed by atoms with Gasteiger partial charge < -0.3 is 14.5 Å². The van der Waals surface area contributed by atoms with Crippen LogP contribution in [-0.2, 0) is 14.8 Å². The normalized spacial score (nSPS) is 19.3. The number of ether oxygens (including phenoxy) is 1. The van der Waals surface area contributed by atoms with Gasteiger partial charge in [-0.25, -0.2) is 23.3 Å². The summed E-state index contributed by atoms with van der Waals surface area (Å²) in [6, 6.07) is 2.84. The predicted molar refractivity (Wildman–Crippen MR) is 90.2 cm³/mol. The van der Waals surface area contributed by atoms with Gasteiger partial charge in [0.2, 0.25) is 10.0 Å². The first-order valence-electron chi connectivity index (χ1n) is 7.71. The Balaban J connectivity index is 2.17. The average Bonchev–Trinajstić information content (AvgIpc) is 2.44. The van der Waals surface area contributed by atoms with Crippen molar-refractivity contribution in [3.05, 3.63) is 18.3 Å². The topological polar surface area (TPSA) is 106 Å². The Kier molecular flexibility index (Phi) is 5.05. The van der Waals surface area contributed by atoms with Gasteiger partial charge in [0.25, 0.3) is 0 Å². The third-order valence-electron chi connectivity index (χ3n) is 3.61. The lowest BCUT2D eigenvalue weighted by Gasteiger charge is -2.41. The Hall–Kier alpha value is -1.87. The zero-order valence-electron chi connectivity index (χ0n) is 14.4. The van der Waals surface area contributed by atoms with Crippen LogP contribution in [0.3, 0.4) is 0 Å². The number of hydrogen-bond donors (Lipinski definition) is 1. The Morgan fingerprint density at radius 2 is 2.04 bits per heavy atom. The highest BCUT2D eigenvalue weighted by molar-refractivity contribution is 7.89. The maximum atomic E-state index is 12.2. The first kappa shape index (κ1) is 18.5. The second kappa shape index (κ2) is 6.56. The molecule has 8 nitrogen and oxygen atoms in total. The van der Waals surface area contributed by atoms with E-state index in [1.54, 1.807) is 4.90 Å². The van der Waals surface area contributed by atoms with Gasteiger partial charge in [0.15, 0.2) is 0 Å². The maximum Gasteiger partial charge on any atom is 0.410 e. The van der Waals surface area contributed by atoms with Crippen molar-refractivity contribution in [2.24, 2.45) is 5.14 Å². The monoisotopic (exact) mass is 356 g/mol. The smallest absolute Gasteiger partial charge is 0.410 e. The number of primary sulfonamides is 1. The van der Waals surface area contributed by atoms with Crippen molar-refractivity contribution >= 4 is 21.9 Å². The zero-order valence-corrected chi connectivity index (χ0v) is 15.2. The van der Waals surface area contributed by atoms with E-state index in [-0.39, 0.29) is 17.0 Å². The lowest BCUT2D eigenvalue weighted by atomic mass is 10.2. The van der Waals surface area contributed by atoms with E-state index in [2.05, 4.69) is 4.98 Å². The van der Waals surface area contributed by atoms with Crippen molar-refractivity contribution in [2.75, 3.05) is 24.5 Å². The fourth-order valence-corrected chi connectivity index (χ4v) is 3.28. The summed E-state index contributed by atoms with van der Waals surface area (Å²) in [5.74, 6) is 0.316. The summed E-state index contributed by atoms with van der Waals surface area (Å²) in [5, 5.41) is 5.28. The summed E-state index contributed by atoms with van der Waals surface area (Å²) in [5.41, 5.74) is -0.556. The molecule has 24 heavy (non-hydrogen) atoms. The van der Waals surface area contributed by atoms with E-state index in [1.165, 1.54) is 18.3 Å². The molecule has 0 aliphatic carbocycles. The molecule has 2 heterocycles. The molecule has 1 aromatic heterocycles. The summed E-state index contributed by atoms with van der Waals surface area (Å²) < 4.78 is 28.9. The fourth-order valence-electron chi connectivity index (χ4n) is 2.58. The molecule has 0 saturated carbocycles. The Labute approximate surface area is 142 Å². The number of sulfonamides is 1. The van der Waals surface area contributed by atoms with E-state index in [0.29, 0.717) is 25.5 Å². The molecule has 1 fully saturated rings. The molecule has 1 saturated heterocycles. The minimum absolute atomic E-state index is 0.0115. The number of pyridine rings is 1. The molecule has 9 heteroatoms. The summed E-state index contributed by atoms with van der Waals surface area (Å²) in [6.07, 6.45) is 1.15. The van der Waals surface area contributed by atoms with Crippen molar-refractivity contribution in [2.45, 2.75) is 44.2 Å². The predicted octanol–water partition coefficient (Wildman–Crippen LogP) is 1.17. The summed E-state index contributed by atoms with van der Waals surface area (Å²) in [4.78, 5) is 19.8. The molecule has 1 amide bonds. The van der Waals surface area contributed by atoms with Gasteiger partial charge in [-0.15, -0.1) is 0 Å². The van der Waals surface area contributed by atoms with E-state index in [1.807, 2.05) is 32.6 Å². The molecule has 0 bridgehead atoms.